The fourth-order valence-corrected chi connectivity index (χ4v) is 4.38. The summed E-state index contributed by atoms with van der Waals surface area (Å²) < 4.78 is 26.0. The number of carbonyl (C=O) groups excluding carboxylic acids is 1. The van der Waals surface area contributed by atoms with Gasteiger partial charge in [0.15, 0.2) is 0 Å². The van der Waals surface area contributed by atoms with E-state index >= 15 is 0 Å². The summed E-state index contributed by atoms with van der Waals surface area (Å²) in [6.45, 7) is 0.0975. The first-order valence-electron chi connectivity index (χ1n) is 8.19. The molecule has 0 atom stereocenters. The van der Waals surface area contributed by atoms with Crippen molar-refractivity contribution >= 4 is 27.3 Å². The molecule has 140 valence electrons. The first-order valence-corrected chi connectivity index (χ1v) is 10.5. The molecule has 6 nitrogen and oxygen atoms in total. The molecule has 3 rings (SSSR count). The van der Waals surface area contributed by atoms with E-state index < -0.39 is 10.0 Å². The molecule has 0 saturated heterocycles. The van der Waals surface area contributed by atoms with Gasteiger partial charge in [-0.05, 0) is 11.6 Å². The van der Waals surface area contributed by atoms with Gasteiger partial charge in [-0.25, -0.2) is 17.7 Å². The van der Waals surface area contributed by atoms with Crippen LogP contribution in [0.25, 0.3) is 10.6 Å². The Balaban J connectivity index is 1.75. The number of rotatable bonds is 6. The molecule has 0 fully saturated rings. The Morgan fingerprint density at radius 2 is 1.74 bits per heavy atom. The second-order valence-electron chi connectivity index (χ2n) is 5.98. The average molecular weight is 402 g/mol. The number of nitrogens with one attached hydrogen (secondary N) is 1. The summed E-state index contributed by atoms with van der Waals surface area (Å²) in [6, 6.07) is 16.2. The van der Waals surface area contributed by atoms with Crippen molar-refractivity contribution in [1.82, 2.24) is 14.6 Å². The Bertz CT molecular complexity index is 1040. The maximum atomic E-state index is 12.4. The van der Waals surface area contributed by atoms with Crippen LogP contribution in [-0.4, -0.2) is 37.7 Å². The largest absolute Gasteiger partial charge is 0.347 e. The number of thiazole rings is 1. The first kappa shape index (κ1) is 19.2. The van der Waals surface area contributed by atoms with Gasteiger partial charge in [0, 0.05) is 31.6 Å². The van der Waals surface area contributed by atoms with Crippen molar-refractivity contribution in [3.8, 4) is 10.6 Å². The van der Waals surface area contributed by atoms with Crippen molar-refractivity contribution in [1.29, 1.82) is 0 Å². The van der Waals surface area contributed by atoms with Crippen molar-refractivity contribution in [2.75, 3.05) is 14.1 Å². The van der Waals surface area contributed by atoms with Gasteiger partial charge < -0.3 is 5.32 Å². The summed E-state index contributed by atoms with van der Waals surface area (Å²) in [6.07, 6.45) is 0. The Morgan fingerprint density at radius 3 is 2.44 bits per heavy atom. The summed E-state index contributed by atoms with van der Waals surface area (Å²) >= 11 is 1.39. The normalized spacial score (nSPS) is 11.5. The van der Waals surface area contributed by atoms with Gasteiger partial charge in [-0.1, -0.05) is 48.5 Å². The van der Waals surface area contributed by atoms with Crippen LogP contribution in [0.2, 0.25) is 0 Å². The third-order valence-electron chi connectivity index (χ3n) is 3.93. The molecule has 0 unspecified atom stereocenters. The highest BCUT2D eigenvalue weighted by atomic mass is 32.2. The summed E-state index contributed by atoms with van der Waals surface area (Å²) in [5.41, 5.74) is 1.79. The van der Waals surface area contributed by atoms with Crippen LogP contribution in [0.1, 0.15) is 16.1 Å². The maximum Gasteiger partial charge on any atom is 0.271 e. The van der Waals surface area contributed by atoms with E-state index in [1.165, 1.54) is 31.5 Å². The van der Waals surface area contributed by atoms with Crippen LogP contribution >= 0.6 is 11.3 Å². The van der Waals surface area contributed by atoms with Crippen LogP contribution in [0.4, 0.5) is 0 Å². The highest BCUT2D eigenvalue weighted by molar-refractivity contribution is 7.89. The zero-order valence-electron chi connectivity index (χ0n) is 14.9. The molecule has 8 heteroatoms. The van der Waals surface area contributed by atoms with Crippen molar-refractivity contribution in [2.24, 2.45) is 0 Å². The fourth-order valence-electron chi connectivity index (χ4n) is 2.46. The minimum Gasteiger partial charge on any atom is -0.347 e. The molecule has 0 saturated carbocycles. The fraction of sp³-hybridized carbons (Fsp3) is 0.158. The van der Waals surface area contributed by atoms with Crippen molar-refractivity contribution in [3.05, 3.63) is 71.2 Å². The topological polar surface area (TPSA) is 79.4 Å². The molecule has 27 heavy (non-hydrogen) atoms. The maximum absolute atomic E-state index is 12.4. The number of benzene rings is 2. The van der Waals surface area contributed by atoms with E-state index in [-0.39, 0.29) is 17.3 Å². The van der Waals surface area contributed by atoms with Gasteiger partial charge in [0.05, 0.1) is 4.90 Å². The Morgan fingerprint density at radius 1 is 1.07 bits per heavy atom. The molecule has 1 heterocycles. The quantitative estimate of drug-likeness (QED) is 0.689. The van der Waals surface area contributed by atoms with Crippen LogP contribution in [-0.2, 0) is 16.6 Å². The zero-order chi connectivity index (χ0) is 19.4. The van der Waals surface area contributed by atoms with E-state index in [1.54, 1.807) is 23.6 Å². The van der Waals surface area contributed by atoms with E-state index in [1.807, 2.05) is 30.3 Å². The predicted molar refractivity (Wildman–Crippen MR) is 106 cm³/mol. The van der Waals surface area contributed by atoms with Gasteiger partial charge >= 0.3 is 0 Å². The lowest BCUT2D eigenvalue weighted by Gasteiger charge is -2.15. The van der Waals surface area contributed by atoms with E-state index in [9.17, 15) is 13.2 Å². The number of hydrogen-bond donors (Lipinski definition) is 1. The molecule has 0 aliphatic carbocycles. The number of sulfonamides is 1. The van der Waals surface area contributed by atoms with Crippen molar-refractivity contribution < 1.29 is 13.2 Å². The Kier molecular flexibility index (Phi) is 5.69. The lowest BCUT2D eigenvalue weighted by Crippen LogP contribution is -2.27. The third kappa shape index (κ3) is 4.24. The minimum atomic E-state index is -3.58. The van der Waals surface area contributed by atoms with Crippen LogP contribution in [0, 0.1) is 0 Å². The summed E-state index contributed by atoms with van der Waals surface area (Å²) in [5.74, 6) is -0.342. The second-order valence-corrected chi connectivity index (χ2v) is 8.96. The SMILES string of the molecule is CN(C)S(=O)(=O)c1ccccc1CNC(=O)c1csc(-c2ccccc2)n1. The van der Waals surface area contributed by atoms with E-state index in [2.05, 4.69) is 10.3 Å². The van der Waals surface area contributed by atoms with Gasteiger partial charge in [-0.15, -0.1) is 11.3 Å². The number of aromatic nitrogens is 1. The molecule has 3 aromatic rings. The molecular weight excluding hydrogens is 382 g/mol. The molecule has 0 spiro atoms. The molecule has 0 radical (unpaired) electrons. The molecule has 0 bridgehead atoms. The predicted octanol–water partition coefficient (Wildman–Crippen LogP) is 2.99. The van der Waals surface area contributed by atoms with Crippen molar-refractivity contribution in [3.63, 3.8) is 0 Å². The summed E-state index contributed by atoms with van der Waals surface area (Å²) in [5, 5.41) is 5.21. The Hall–Kier alpha value is -2.55. The number of amides is 1. The van der Waals surface area contributed by atoms with Crippen LogP contribution in [0.3, 0.4) is 0 Å². The van der Waals surface area contributed by atoms with Gasteiger partial charge in [0.25, 0.3) is 5.91 Å². The lowest BCUT2D eigenvalue weighted by atomic mass is 10.2. The molecular formula is C19H19N3O3S2. The second kappa shape index (κ2) is 7.99. The molecule has 1 aromatic heterocycles. The Labute approximate surface area is 162 Å². The standard InChI is InChI=1S/C19H19N3O3S2/c1-22(2)27(24,25)17-11-7-6-10-15(17)12-20-18(23)16-13-26-19(21-16)14-8-4-3-5-9-14/h3-11,13H,12H2,1-2H3,(H,20,23). The molecule has 1 amide bonds. The highest BCUT2D eigenvalue weighted by Gasteiger charge is 2.21. The number of nitrogens with zero attached hydrogens (tertiary/aromatic N) is 2. The minimum absolute atomic E-state index is 0.0975. The van der Waals surface area contributed by atoms with E-state index in [4.69, 9.17) is 0 Å². The molecule has 2 aromatic carbocycles. The van der Waals surface area contributed by atoms with Crippen LogP contribution in [0.5, 0.6) is 0 Å². The van der Waals surface area contributed by atoms with Crippen molar-refractivity contribution in [2.45, 2.75) is 11.4 Å². The smallest absolute Gasteiger partial charge is 0.271 e. The molecule has 0 aliphatic heterocycles. The van der Waals surface area contributed by atoms with Gasteiger partial charge in [0.1, 0.15) is 10.7 Å². The first-order chi connectivity index (χ1) is 12.9. The van der Waals surface area contributed by atoms with E-state index in [0.29, 0.717) is 11.3 Å². The number of hydrogen-bond acceptors (Lipinski definition) is 5. The summed E-state index contributed by atoms with van der Waals surface area (Å²) in [7, 11) is -0.629. The van der Waals surface area contributed by atoms with E-state index in [0.717, 1.165) is 14.9 Å². The van der Waals surface area contributed by atoms with Gasteiger partial charge in [-0.3, -0.25) is 4.79 Å². The monoisotopic (exact) mass is 401 g/mol. The molecule has 0 aliphatic rings. The lowest BCUT2D eigenvalue weighted by molar-refractivity contribution is 0.0946. The van der Waals surface area contributed by atoms with Gasteiger partial charge in [0.2, 0.25) is 10.0 Å². The number of carbonyl (C=O) groups is 1. The van der Waals surface area contributed by atoms with Gasteiger partial charge in [-0.2, -0.15) is 0 Å². The van der Waals surface area contributed by atoms with Crippen LogP contribution < -0.4 is 5.32 Å². The summed E-state index contributed by atoms with van der Waals surface area (Å²) in [4.78, 5) is 17.0. The zero-order valence-corrected chi connectivity index (χ0v) is 16.5. The highest BCUT2D eigenvalue weighted by Crippen LogP contribution is 2.23. The average Bonchev–Trinajstić information content (AvgIpc) is 3.17. The molecule has 1 N–H and O–H groups in total. The third-order valence-corrected chi connectivity index (χ3v) is 6.74. The van der Waals surface area contributed by atoms with Crippen LogP contribution in [0.15, 0.2) is 64.9 Å².